The maximum Gasteiger partial charge on any atom is 0.251 e. The quantitative estimate of drug-likeness (QED) is 0.470. The first-order valence-corrected chi connectivity index (χ1v) is 9.18. The summed E-state index contributed by atoms with van der Waals surface area (Å²) < 4.78 is 1.53. The summed E-state index contributed by atoms with van der Waals surface area (Å²) in [6.07, 6.45) is 2.64. The Kier molecular flexibility index (Phi) is 5.17. The fourth-order valence-corrected chi connectivity index (χ4v) is 2.93. The predicted octanol–water partition coefficient (Wildman–Crippen LogP) is 2.64. The van der Waals surface area contributed by atoms with E-state index in [-0.39, 0.29) is 5.91 Å². The van der Waals surface area contributed by atoms with Crippen LogP contribution in [-0.2, 0) is 6.54 Å². The number of hydrogen-bond acceptors (Lipinski definition) is 5. The first kappa shape index (κ1) is 18.6. The van der Waals surface area contributed by atoms with E-state index in [9.17, 15) is 9.90 Å². The van der Waals surface area contributed by atoms with Gasteiger partial charge in [0, 0.05) is 18.3 Å². The van der Waals surface area contributed by atoms with Crippen LogP contribution in [0.2, 0.25) is 0 Å². The molecule has 0 aliphatic carbocycles. The van der Waals surface area contributed by atoms with Gasteiger partial charge in [-0.2, -0.15) is 5.10 Å². The molecule has 0 bridgehead atoms. The highest BCUT2D eigenvalue weighted by molar-refractivity contribution is 5.94. The third-order valence-electron chi connectivity index (χ3n) is 4.50. The molecular formula is C21H20N6O2. The molecule has 3 N–H and O–H groups in total. The number of nitrogens with one attached hydrogen (secondary N) is 2. The molecule has 0 spiro atoms. The highest BCUT2D eigenvalue weighted by Crippen LogP contribution is 2.18. The molecule has 146 valence electrons. The molecule has 0 radical (unpaired) electrons. The average Bonchev–Trinajstić information content (AvgIpc) is 3.45. The molecule has 0 fully saturated rings. The zero-order valence-corrected chi connectivity index (χ0v) is 15.8. The van der Waals surface area contributed by atoms with Crippen LogP contribution in [0.4, 0.5) is 0 Å². The number of carbonyl (C=O) groups excluding carboxylic acids is 1. The zero-order chi connectivity index (χ0) is 20.2. The lowest BCUT2D eigenvalue weighted by Crippen LogP contribution is -2.22. The fraction of sp³-hybridized carbons (Fsp3) is 0.143. The van der Waals surface area contributed by atoms with Crippen LogP contribution in [0.1, 0.15) is 34.6 Å². The van der Waals surface area contributed by atoms with Gasteiger partial charge in [0.05, 0.1) is 23.7 Å². The minimum Gasteiger partial charge on any atom is -0.387 e. The van der Waals surface area contributed by atoms with Crippen molar-refractivity contribution >= 4 is 5.91 Å². The van der Waals surface area contributed by atoms with Gasteiger partial charge in [0.25, 0.3) is 5.91 Å². The number of H-pyrrole nitrogens is 1. The van der Waals surface area contributed by atoms with Crippen LogP contribution < -0.4 is 5.32 Å². The summed E-state index contributed by atoms with van der Waals surface area (Å²) >= 11 is 0. The van der Waals surface area contributed by atoms with Crippen molar-refractivity contribution in [2.45, 2.75) is 19.6 Å². The summed E-state index contributed by atoms with van der Waals surface area (Å²) in [4.78, 5) is 12.6. The minimum absolute atomic E-state index is 0.186. The third-order valence-corrected chi connectivity index (χ3v) is 4.50. The van der Waals surface area contributed by atoms with E-state index < -0.39 is 6.10 Å². The van der Waals surface area contributed by atoms with Gasteiger partial charge in [-0.15, -0.1) is 5.10 Å². The summed E-state index contributed by atoms with van der Waals surface area (Å²) in [5.41, 5.74) is 4.60. The number of aromatic amines is 1. The number of hydrogen-bond donors (Lipinski definition) is 3. The second kappa shape index (κ2) is 8.07. The normalized spacial score (nSPS) is 11.9. The topological polar surface area (TPSA) is 109 Å². The maximum absolute atomic E-state index is 12.6. The van der Waals surface area contributed by atoms with Gasteiger partial charge >= 0.3 is 0 Å². The van der Waals surface area contributed by atoms with E-state index >= 15 is 0 Å². The Bertz CT molecular complexity index is 1120. The number of carbonyl (C=O) groups is 1. The van der Waals surface area contributed by atoms with Crippen molar-refractivity contribution in [1.82, 2.24) is 30.5 Å². The number of aliphatic hydroxyl groups is 1. The molecule has 0 aliphatic rings. The van der Waals surface area contributed by atoms with Gasteiger partial charge in [-0.25, -0.2) is 4.68 Å². The number of aliphatic hydroxyl groups excluding tert-OH is 1. The lowest BCUT2D eigenvalue weighted by atomic mass is 10.1. The Morgan fingerprint density at radius 1 is 1.21 bits per heavy atom. The van der Waals surface area contributed by atoms with Gasteiger partial charge in [-0.3, -0.25) is 9.89 Å². The van der Waals surface area contributed by atoms with Crippen LogP contribution in [0.25, 0.3) is 16.9 Å². The fourth-order valence-electron chi connectivity index (χ4n) is 2.93. The lowest BCUT2D eigenvalue weighted by Gasteiger charge is -2.08. The second-order valence-electron chi connectivity index (χ2n) is 6.67. The van der Waals surface area contributed by atoms with Crippen LogP contribution >= 0.6 is 0 Å². The van der Waals surface area contributed by atoms with Crippen molar-refractivity contribution in [1.29, 1.82) is 0 Å². The molecule has 1 atom stereocenters. The predicted molar refractivity (Wildman–Crippen MR) is 107 cm³/mol. The number of rotatable bonds is 6. The number of amides is 1. The number of nitrogens with zero attached hydrogens (tertiary/aromatic N) is 4. The molecule has 8 nitrogen and oxygen atoms in total. The van der Waals surface area contributed by atoms with Crippen molar-refractivity contribution in [3.63, 3.8) is 0 Å². The van der Waals surface area contributed by atoms with Crippen molar-refractivity contribution in [3.8, 4) is 16.9 Å². The number of aromatic nitrogens is 5. The Morgan fingerprint density at radius 3 is 2.83 bits per heavy atom. The molecule has 29 heavy (non-hydrogen) atoms. The highest BCUT2D eigenvalue weighted by atomic mass is 16.3. The summed E-state index contributed by atoms with van der Waals surface area (Å²) in [5.74, 6) is -0.186. The average molecular weight is 388 g/mol. The Balaban J connectivity index is 1.46. The molecule has 1 amide bonds. The monoisotopic (exact) mass is 388 g/mol. The Hall–Kier alpha value is -3.78. The van der Waals surface area contributed by atoms with Gasteiger partial charge in [0.2, 0.25) is 0 Å². The molecule has 2 aromatic heterocycles. The molecule has 4 rings (SSSR count). The lowest BCUT2D eigenvalue weighted by molar-refractivity contribution is 0.0951. The SMILES string of the molecule is CC(O)c1cn(-c2cccc(C(=O)NCc3cccc(-c4ccn[nH]4)c3)c2)nn1. The summed E-state index contributed by atoms with van der Waals surface area (Å²) in [6.45, 7) is 2.03. The third kappa shape index (κ3) is 4.22. The highest BCUT2D eigenvalue weighted by Gasteiger charge is 2.11. The van der Waals surface area contributed by atoms with Gasteiger partial charge in [-0.05, 0) is 48.4 Å². The molecule has 0 aliphatic heterocycles. The van der Waals surface area contributed by atoms with Crippen LogP contribution in [0, 0.1) is 0 Å². The molecule has 2 aromatic carbocycles. The molecule has 0 saturated heterocycles. The standard InChI is InChI=1S/C21H20N6O2/c1-14(28)20-13-27(26-25-20)18-7-3-6-17(11-18)21(29)22-12-15-4-2-5-16(10-15)19-8-9-23-24-19/h2-11,13-14,28H,12H2,1H3,(H,22,29)(H,23,24). The Morgan fingerprint density at radius 2 is 2.07 bits per heavy atom. The van der Waals surface area contributed by atoms with Crippen LogP contribution in [-0.4, -0.2) is 36.2 Å². The van der Waals surface area contributed by atoms with E-state index in [0.29, 0.717) is 23.5 Å². The molecule has 4 aromatic rings. The van der Waals surface area contributed by atoms with Gasteiger partial charge < -0.3 is 10.4 Å². The largest absolute Gasteiger partial charge is 0.387 e. The zero-order valence-electron chi connectivity index (χ0n) is 15.8. The minimum atomic E-state index is -0.701. The van der Waals surface area contributed by atoms with E-state index in [1.807, 2.05) is 36.4 Å². The van der Waals surface area contributed by atoms with Crippen molar-refractivity contribution in [2.75, 3.05) is 0 Å². The summed E-state index contributed by atoms with van der Waals surface area (Å²) in [5, 5.41) is 27.4. The van der Waals surface area contributed by atoms with Gasteiger partial charge in [0.15, 0.2) is 0 Å². The van der Waals surface area contributed by atoms with Crippen molar-refractivity contribution < 1.29 is 9.90 Å². The maximum atomic E-state index is 12.6. The second-order valence-corrected chi connectivity index (χ2v) is 6.67. The first-order valence-electron chi connectivity index (χ1n) is 9.18. The summed E-state index contributed by atoms with van der Waals surface area (Å²) in [7, 11) is 0. The Labute approximate surface area is 167 Å². The smallest absolute Gasteiger partial charge is 0.251 e. The van der Waals surface area contributed by atoms with Crippen LogP contribution in [0.3, 0.4) is 0 Å². The van der Waals surface area contributed by atoms with E-state index in [1.54, 1.807) is 37.5 Å². The molecule has 1 unspecified atom stereocenters. The molecule has 2 heterocycles. The van der Waals surface area contributed by atoms with E-state index in [0.717, 1.165) is 16.8 Å². The van der Waals surface area contributed by atoms with Crippen LogP contribution in [0.15, 0.2) is 67.0 Å². The first-order chi connectivity index (χ1) is 14.1. The van der Waals surface area contributed by atoms with E-state index in [4.69, 9.17) is 0 Å². The van der Waals surface area contributed by atoms with E-state index in [1.165, 1.54) is 4.68 Å². The number of benzene rings is 2. The molecule has 0 saturated carbocycles. The van der Waals surface area contributed by atoms with E-state index in [2.05, 4.69) is 25.8 Å². The summed E-state index contributed by atoms with van der Waals surface area (Å²) in [6, 6.07) is 16.9. The van der Waals surface area contributed by atoms with Crippen molar-refractivity contribution in [3.05, 3.63) is 83.8 Å². The van der Waals surface area contributed by atoms with Gasteiger partial charge in [-0.1, -0.05) is 29.5 Å². The van der Waals surface area contributed by atoms with Crippen molar-refractivity contribution in [2.24, 2.45) is 0 Å². The molecule has 8 heteroatoms. The molecular weight excluding hydrogens is 368 g/mol. The van der Waals surface area contributed by atoms with Gasteiger partial charge in [0.1, 0.15) is 5.69 Å². The van der Waals surface area contributed by atoms with Crippen LogP contribution in [0.5, 0.6) is 0 Å².